The molecule has 0 saturated carbocycles. The van der Waals surface area contributed by atoms with Gasteiger partial charge in [0.2, 0.25) is 0 Å². The van der Waals surface area contributed by atoms with Gasteiger partial charge in [0, 0.05) is 56.9 Å². The average Bonchev–Trinajstić information content (AvgIpc) is 2.89. The second kappa shape index (κ2) is 14.1. The average molecular weight is 543 g/mol. The number of carbonyl (C=O) groups is 2. The molecule has 2 saturated heterocycles. The Labute approximate surface area is 223 Å². The Morgan fingerprint density at radius 2 is 2.05 bits per heavy atom. The van der Waals surface area contributed by atoms with Crippen LogP contribution in [0.3, 0.4) is 0 Å². The first-order valence-electron chi connectivity index (χ1n) is 13.2. The molecular weight excluding hydrogens is 503 g/mol. The number of likely N-dealkylation sites (tertiary alicyclic amines) is 1. The van der Waals surface area contributed by atoms with Crippen molar-refractivity contribution < 1.29 is 28.9 Å². The number of hydrogen-bond acceptors (Lipinski definition) is 5. The molecule has 0 bridgehead atoms. The minimum atomic E-state index is -1.61. The maximum absolute atomic E-state index is 15.1. The van der Waals surface area contributed by atoms with Crippen LogP contribution in [0.25, 0.3) is 0 Å². The monoisotopic (exact) mass is 542 g/mol. The maximum Gasteiger partial charge on any atom is 0.404 e. The van der Waals surface area contributed by atoms with E-state index in [1.165, 1.54) is 12.1 Å². The van der Waals surface area contributed by atoms with E-state index in [-0.39, 0.29) is 42.2 Å². The number of nitrogens with one attached hydrogen (secondary N) is 3. The highest BCUT2D eigenvalue weighted by Gasteiger charge is 2.43. The number of piperidine rings is 1. The van der Waals surface area contributed by atoms with Gasteiger partial charge in [-0.1, -0.05) is 23.7 Å². The Balaban J connectivity index is 1.72. The fourth-order valence-electron chi connectivity index (χ4n) is 5.59. The summed E-state index contributed by atoms with van der Waals surface area (Å²) in [5, 5.41) is 29.3. The summed E-state index contributed by atoms with van der Waals surface area (Å²) in [6.45, 7) is 3.06. The third kappa shape index (κ3) is 8.17. The van der Waals surface area contributed by atoms with E-state index in [4.69, 9.17) is 21.4 Å². The van der Waals surface area contributed by atoms with Gasteiger partial charge < -0.3 is 35.8 Å². The SMILES string of the molecule is CNCC(CC1CCOCC1)NC(=O)N1CCC[C@@H]([C@@](O)(CCCNC(=O)O)c2cccc(Cl)c2F)C1. The molecule has 0 radical (unpaired) electrons. The quantitative estimate of drug-likeness (QED) is 0.273. The van der Waals surface area contributed by atoms with Crippen molar-refractivity contribution >= 4 is 23.7 Å². The lowest BCUT2D eigenvalue weighted by Crippen LogP contribution is -2.54. The minimum absolute atomic E-state index is 0.0349. The standard InChI is InChI=1S/C26H40ClFN4O5/c1-29-16-20(15-18-8-13-37-14-9-18)31-24(33)32-12-3-5-19(17-32)26(36,10-4-11-30-25(34)35)21-6-2-7-22(27)23(21)28/h2,6-7,18-20,29-30,36H,3-5,8-17H2,1H3,(H,31,33)(H,34,35)/t19-,20?,26+/m1/s1. The van der Waals surface area contributed by atoms with Gasteiger partial charge in [0.1, 0.15) is 5.82 Å². The smallest absolute Gasteiger partial charge is 0.404 e. The van der Waals surface area contributed by atoms with Crippen LogP contribution in [0.5, 0.6) is 0 Å². The maximum atomic E-state index is 15.1. The number of carboxylic acid groups (broad SMARTS) is 1. The number of nitrogens with zero attached hydrogens (tertiary/aromatic N) is 1. The second-order valence-electron chi connectivity index (χ2n) is 10.1. The topological polar surface area (TPSA) is 123 Å². The van der Waals surface area contributed by atoms with E-state index < -0.39 is 23.4 Å². The molecule has 1 aromatic rings. The van der Waals surface area contributed by atoms with E-state index in [1.54, 1.807) is 11.0 Å². The molecule has 5 N–H and O–H groups in total. The Kier molecular flexibility index (Phi) is 11.2. The van der Waals surface area contributed by atoms with Gasteiger partial charge in [-0.25, -0.2) is 14.0 Å². The molecule has 3 amide bonds. The number of carbonyl (C=O) groups excluding carboxylic acids is 1. The number of rotatable bonds is 11. The van der Waals surface area contributed by atoms with Crippen LogP contribution in [0.4, 0.5) is 14.0 Å². The lowest BCUT2D eigenvalue weighted by atomic mass is 9.74. The number of amides is 3. The summed E-state index contributed by atoms with van der Waals surface area (Å²) >= 11 is 6.04. The van der Waals surface area contributed by atoms with Crippen molar-refractivity contribution in [2.24, 2.45) is 11.8 Å². The number of halogens is 2. The first kappa shape index (κ1) is 29.4. The summed E-state index contributed by atoms with van der Waals surface area (Å²) in [7, 11) is 1.86. The minimum Gasteiger partial charge on any atom is -0.465 e. The Morgan fingerprint density at radius 3 is 2.76 bits per heavy atom. The van der Waals surface area contributed by atoms with Crippen molar-refractivity contribution in [3.63, 3.8) is 0 Å². The fourth-order valence-corrected chi connectivity index (χ4v) is 5.77. The van der Waals surface area contributed by atoms with Crippen molar-refractivity contribution in [3.05, 3.63) is 34.6 Å². The first-order chi connectivity index (χ1) is 17.7. The number of hydrogen-bond donors (Lipinski definition) is 5. The van der Waals surface area contributed by atoms with Crippen LogP contribution in [0.15, 0.2) is 18.2 Å². The van der Waals surface area contributed by atoms with E-state index in [0.29, 0.717) is 38.3 Å². The van der Waals surface area contributed by atoms with Gasteiger partial charge in [-0.2, -0.15) is 0 Å². The zero-order valence-electron chi connectivity index (χ0n) is 21.5. The molecule has 9 nitrogen and oxygen atoms in total. The van der Waals surface area contributed by atoms with Gasteiger partial charge in [0.05, 0.1) is 10.6 Å². The zero-order chi connectivity index (χ0) is 26.8. The molecule has 2 fully saturated rings. The summed E-state index contributed by atoms with van der Waals surface area (Å²) in [6.07, 6.45) is 3.35. The molecule has 0 spiro atoms. The summed E-state index contributed by atoms with van der Waals surface area (Å²) in [6, 6.07) is 4.30. The highest BCUT2D eigenvalue weighted by molar-refractivity contribution is 6.30. The first-order valence-corrected chi connectivity index (χ1v) is 13.5. The van der Waals surface area contributed by atoms with E-state index in [9.17, 15) is 14.7 Å². The molecule has 3 atom stereocenters. The lowest BCUT2D eigenvalue weighted by Gasteiger charge is -2.43. The molecule has 2 aliphatic rings. The Morgan fingerprint density at radius 1 is 1.30 bits per heavy atom. The molecule has 208 valence electrons. The normalized spacial score (nSPS) is 21.2. The van der Waals surface area contributed by atoms with Crippen LogP contribution >= 0.6 is 11.6 Å². The second-order valence-corrected chi connectivity index (χ2v) is 10.5. The predicted octanol–water partition coefficient (Wildman–Crippen LogP) is 3.54. The van der Waals surface area contributed by atoms with E-state index in [0.717, 1.165) is 32.5 Å². The molecule has 37 heavy (non-hydrogen) atoms. The molecule has 0 aliphatic carbocycles. The van der Waals surface area contributed by atoms with Gasteiger partial charge >= 0.3 is 12.1 Å². The summed E-state index contributed by atoms with van der Waals surface area (Å²) in [5.41, 5.74) is -1.53. The van der Waals surface area contributed by atoms with Gasteiger partial charge in [-0.3, -0.25) is 0 Å². The number of aliphatic hydroxyl groups is 1. The lowest BCUT2D eigenvalue weighted by molar-refractivity contribution is -0.0576. The van der Waals surface area contributed by atoms with Crippen LogP contribution in [0.2, 0.25) is 5.02 Å². The van der Waals surface area contributed by atoms with Crippen molar-refractivity contribution in [3.8, 4) is 0 Å². The number of benzene rings is 1. The fraction of sp³-hybridized carbons (Fsp3) is 0.692. The highest BCUT2D eigenvalue weighted by Crippen LogP contribution is 2.41. The van der Waals surface area contributed by atoms with E-state index in [1.807, 2.05) is 7.05 Å². The Bertz CT molecular complexity index is 904. The van der Waals surface area contributed by atoms with Crippen molar-refractivity contribution in [1.82, 2.24) is 20.9 Å². The number of likely N-dealkylation sites (N-methyl/N-ethyl adjacent to an activating group) is 1. The third-order valence-electron chi connectivity index (χ3n) is 7.55. The summed E-state index contributed by atoms with van der Waals surface area (Å²) in [4.78, 5) is 25.9. The van der Waals surface area contributed by atoms with Crippen LogP contribution in [0.1, 0.15) is 50.5 Å². The molecule has 2 heterocycles. The molecule has 3 rings (SSSR count). The molecule has 2 aliphatic heterocycles. The molecule has 11 heteroatoms. The van der Waals surface area contributed by atoms with Crippen LogP contribution in [-0.4, -0.2) is 79.7 Å². The molecule has 1 unspecified atom stereocenters. The zero-order valence-corrected chi connectivity index (χ0v) is 22.2. The largest absolute Gasteiger partial charge is 0.465 e. The highest BCUT2D eigenvalue weighted by atomic mass is 35.5. The molecule has 0 aromatic heterocycles. The van der Waals surface area contributed by atoms with Gasteiger partial charge in [0.25, 0.3) is 0 Å². The van der Waals surface area contributed by atoms with Crippen molar-refractivity contribution in [1.29, 1.82) is 0 Å². The number of urea groups is 1. The summed E-state index contributed by atoms with van der Waals surface area (Å²) in [5.74, 6) is -0.634. The number of ether oxygens (including phenoxy) is 1. The van der Waals surface area contributed by atoms with Gasteiger partial charge in [-0.05, 0) is 64.0 Å². The predicted molar refractivity (Wildman–Crippen MR) is 139 cm³/mol. The van der Waals surface area contributed by atoms with Crippen LogP contribution < -0.4 is 16.0 Å². The third-order valence-corrected chi connectivity index (χ3v) is 7.84. The van der Waals surface area contributed by atoms with E-state index >= 15 is 4.39 Å². The molecule has 1 aromatic carbocycles. The van der Waals surface area contributed by atoms with E-state index in [2.05, 4.69) is 16.0 Å². The van der Waals surface area contributed by atoms with Crippen molar-refractivity contribution in [2.45, 2.75) is 56.6 Å². The van der Waals surface area contributed by atoms with Crippen molar-refractivity contribution in [2.75, 3.05) is 46.4 Å². The summed E-state index contributed by atoms with van der Waals surface area (Å²) < 4.78 is 20.6. The van der Waals surface area contributed by atoms with Gasteiger partial charge in [-0.15, -0.1) is 0 Å². The molecular formula is C26H40ClFN4O5. The van der Waals surface area contributed by atoms with Crippen LogP contribution in [-0.2, 0) is 10.3 Å². The van der Waals surface area contributed by atoms with Gasteiger partial charge in [0.15, 0.2) is 0 Å². The Hall–Kier alpha value is -2.14. The van der Waals surface area contributed by atoms with Crippen LogP contribution in [0, 0.1) is 17.7 Å².